The summed E-state index contributed by atoms with van der Waals surface area (Å²) in [6, 6.07) is 8.10. The van der Waals surface area contributed by atoms with Crippen LogP contribution in [0.15, 0.2) is 30.6 Å². The van der Waals surface area contributed by atoms with Crippen molar-refractivity contribution in [3.05, 3.63) is 69.7 Å². The number of carbonyl (C=O) groups is 1. The van der Waals surface area contributed by atoms with Crippen LogP contribution in [0.25, 0.3) is 5.82 Å². The summed E-state index contributed by atoms with van der Waals surface area (Å²) in [6.07, 6.45) is 3.33. The van der Waals surface area contributed by atoms with E-state index in [9.17, 15) is 4.79 Å². The van der Waals surface area contributed by atoms with Crippen molar-refractivity contribution in [1.82, 2.24) is 30.2 Å². The molecule has 0 spiro atoms. The molecule has 1 N–H and O–H groups in total. The number of aromatic nitrogens is 4. The van der Waals surface area contributed by atoms with E-state index in [1.165, 1.54) is 10.4 Å². The lowest BCUT2D eigenvalue weighted by molar-refractivity contribution is 0.0535. The number of fused-ring (bicyclic) bond motifs is 1. The molecule has 0 saturated carbocycles. The molecule has 168 valence electrons. The van der Waals surface area contributed by atoms with Gasteiger partial charge in [0.15, 0.2) is 5.82 Å². The third kappa shape index (κ3) is 3.77. The Morgan fingerprint density at radius 2 is 2.15 bits per heavy atom. The Hall–Kier alpha value is -3.61. The second kappa shape index (κ2) is 8.39. The molecular weight excluding hydrogens is 418 g/mol. The van der Waals surface area contributed by atoms with Crippen LogP contribution in [0.4, 0.5) is 0 Å². The van der Waals surface area contributed by atoms with Crippen LogP contribution >= 0.6 is 0 Å². The van der Waals surface area contributed by atoms with E-state index in [1.807, 2.05) is 25.1 Å². The monoisotopic (exact) mass is 443 g/mol. The van der Waals surface area contributed by atoms with Crippen LogP contribution < -0.4 is 5.32 Å². The zero-order chi connectivity index (χ0) is 23.1. The maximum Gasteiger partial charge on any atom is 0.338 e. The first kappa shape index (κ1) is 21.2. The standard InChI is InChI=1S/C24H25N7O2/c1-14-8-23(27-10-17(14)9-25)31-28-11-21(29-31)16(3)30-7-6-26-22(12-30)18-4-5-19-20(15(18)2)13-33-24(19)32/h4-5,8,10-11,16,22,26H,6-7,12-13H2,1-3H3. The molecule has 0 amide bonds. The van der Waals surface area contributed by atoms with Crippen LogP contribution in [0.3, 0.4) is 0 Å². The summed E-state index contributed by atoms with van der Waals surface area (Å²) in [7, 11) is 0. The maximum atomic E-state index is 11.9. The fourth-order valence-corrected chi connectivity index (χ4v) is 4.61. The zero-order valence-corrected chi connectivity index (χ0v) is 18.9. The predicted octanol–water partition coefficient (Wildman–Crippen LogP) is 2.53. The number of nitriles is 1. The van der Waals surface area contributed by atoms with E-state index in [1.54, 1.807) is 12.4 Å². The molecule has 33 heavy (non-hydrogen) atoms. The van der Waals surface area contributed by atoms with Gasteiger partial charge in [-0.15, -0.1) is 4.80 Å². The van der Waals surface area contributed by atoms with Gasteiger partial charge in [-0.3, -0.25) is 4.90 Å². The highest BCUT2D eigenvalue weighted by atomic mass is 16.5. The second-order valence-corrected chi connectivity index (χ2v) is 8.59. The highest BCUT2D eigenvalue weighted by Crippen LogP contribution is 2.31. The van der Waals surface area contributed by atoms with Crippen LogP contribution in [0, 0.1) is 25.2 Å². The number of ether oxygens (including phenoxy) is 1. The van der Waals surface area contributed by atoms with Crippen molar-refractivity contribution in [1.29, 1.82) is 5.26 Å². The molecule has 2 atom stereocenters. The van der Waals surface area contributed by atoms with Gasteiger partial charge < -0.3 is 10.1 Å². The number of nitrogens with zero attached hydrogens (tertiary/aromatic N) is 6. The van der Waals surface area contributed by atoms with E-state index >= 15 is 0 Å². The van der Waals surface area contributed by atoms with Crippen LogP contribution in [-0.4, -0.2) is 50.5 Å². The summed E-state index contributed by atoms with van der Waals surface area (Å²) >= 11 is 0. The van der Waals surface area contributed by atoms with E-state index in [0.717, 1.165) is 42.0 Å². The number of carbonyl (C=O) groups excluding carboxylic acids is 1. The molecular formula is C24H25N7O2. The predicted molar refractivity (Wildman–Crippen MR) is 120 cm³/mol. The molecule has 1 saturated heterocycles. The average molecular weight is 444 g/mol. The van der Waals surface area contributed by atoms with Gasteiger partial charge in [0.1, 0.15) is 18.4 Å². The number of pyridine rings is 1. The number of aryl methyl sites for hydroxylation is 1. The number of piperazine rings is 1. The van der Waals surface area contributed by atoms with Crippen molar-refractivity contribution < 1.29 is 9.53 Å². The van der Waals surface area contributed by atoms with E-state index < -0.39 is 0 Å². The van der Waals surface area contributed by atoms with Crippen LogP contribution in [0.5, 0.6) is 0 Å². The van der Waals surface area contributed by atoms with Gasteiger partial charge in [-0.1, -0.05) is 6.07 Å². The minimum atomic E-state index is -0.235. The largest absolute Gasteiger partial charge is 0.457 e. The van der Waals surface area contributed by atoms with Crippen molar-refractivity contribution >= 4 is 5.97 Å². The van der Waals surface area contributed by atoms with Crippen LogP contribution in [-0.2, 0) is 11.3 Å². The van der Waals surface area contributed by atoms with Crippen molar-refractivity contribution in [2.45, 2.75) is 39.5 Å². The molecule has 4 heterocycles. The first-order chi connectivity index (χ1) is 16.0. The Kier molecular flexibility index (Phi) is 5.40. The second-order valence-electron chi connectivity index (χ2n) is 8.59. The van der Waals surface area contributed by atoms with Gasteiger partial charge in [-0.2, -0.15) is 15.5 Å². The molecule has 0 bridgehead atoms. The summed E-state index contributed by atoms with van der Waals surface area (Å²) in [6.45, 7) is 8.99. The first-order valence-electron chi connectivity index (χ1n) is 11.0. The molecule has 2 aliphatic rings. The van der Waals surface area contributed by atoms with Crippen LogP contribution in [0.2, 0.25) is 0 Å². The van der Waals surface area contributed by atoms with Gasteiger partial charge in [0.05, 0.1) is 23.4 Å². The van der Waals surface area contributed by atoms with Crippen molar-refractivity contribution in [3.8, 4) is 11.9 Å². The fraction of sp³-hybridized carbons (Fsp3) is 0.375. The van der Waals surface area contributed by atoms with Gasteiger partial charge >= 0.3 is 5.97 Å². The minimum Gasteiger partial charge on any atom is -0.457 e. The minimum absolute atomic E-state index is 0.0717. The number of cyclic esters (lactones) is 1. The zero-order valence-electron chi connectivity index (χ0n) is 18.9. The number of esters is 1. The number of nitrogens with one attached hydrogen (secondary N) is 1. The normalized spacial score (nSPS) is 19.1. The van der Waals surface area contributed by atoms with Gasteiger partial charge in [0, 0.05) is 37.4 Å². The molecule has 3 aromatic rings. The number of rotatable bonds is 4. The van der Waals surface area contributed by atoms with Crippen molar-refractivity contribution in [2.75, 3.05) is 19.6 Å². The molecule has 1 fully saturated rings. The molecule has 5 rings (SSSR count). The van der Waals surface area contributed by atoms with Crippen molar-refractivity contribution in [2.24, 2.45) is 0 Å². The average Bonchev–Trinajstić information content (AvgIpc) is 3.47. The highest BCUT2D eigenvalue weighted by Gasteiger charge is 2.30. The third-order valence-electron chi connectivity index (χ3n) is 6.70. The summed E-state index contributed by atoms with van der Waals surface area (Å²) in [4.78, 5) is 20.1. The molecule has 9 nitrogen and oxygen atoms in total. The van der Waals surface area contributed by atoms with E-state index in [0.29, 0.717) is 23.6 Å². The van der Waals surface area contributed by atoms with Gasteiger partial charge in [-0.25, -0.2) is 9.78 Å². The van der Waals surface area contributed by atoms with E-state index in [4.69, 9.17) is 10.00 Å². The maximum absolute atomic E-state index is 11.9. The van der Waals surface area contributed by atoms with Crippen molar-refractivity contribution in [3.63, 3.8) is 0 Å². The molecule has 0 radical (unpaired) electrons. The topological polar surface area (TPSA) is 109 Å². The quantitative estimate of drug-likeness (QED) is 0.613. The molecule has 2 unspecified atom stereocenters. The highest BCUT2D eigenvalue weighted by molar-refractivity contribution is 5.94. The van der Waals surface area contributed by atoms with Gasteiger partial charge in [0.25, 0.3) is 0 Å². The number of hydrogen-bond donors (Lipinski definition) is 1. The fourth-order valence-electron chi connectivity index (χ4n) is 4.61. The molecule has 2 aromatic heterocycles. The Morgan fingerprint density at radius 3 is 2.94 bits per heavy atom. The molecule has 9 heteroatoms. The molecule has 0 aliphatic carbocycles. The van der Waals surface area contributed by atoms with Gasteiger partial charge in [0.2, 0.25) is 0 Å². The molecule has 2 aliphatic heterocycles. The van der Waals surface area contributed by atoms with E-state index in [-0.39, 0.29) is 18.1 Å². The summed E-state index contributed by atoms with van der Waals surface area (Å²) < 4.78 is 5.21. The number of benzene rings is 1. The SMILES string of the molecule is Cc1cc(-n2ncc(C(C)N3CCNC(c4ccc5c(c4C)COC5=O)C3)n2)ncc1C#N. The van der Waals surface area contributed by atoms with Gasteiger partial charge in [-0.05, 0) is 49.6 Å². The van der Waals surface area contributed by atoms with Crippen LogP contribution in [0.1, 0.15) is 62.9 Å². The Bertz CT molecular complexity index is 1280. The number of hydrogen-bond acceptors (Lipinski definition) is 8. The Balaban J connectivity index is 1.34. The summed E-state index contributed by atoms with van der Waals surface area (Å²) in [5, 5.41) is 21.8. The Labute approximate surface area is 192 Å². The molecule has 1 aromatic carbocycles. The lowest BCUT2D eigenvalue weighted by atomic mass is 9.93. The Morgan fingerprint density at radius 1 is 1.30 bits per heavy atom. The lowest BCUT2D eigenvalue weighted by Crippen LogP contribution is -2.46. The lowest BCUT2D eigenvalue weighted by Gasteiger charge is -2.37. The summed E-state index contributed by atoms with van der Waals surface area (Å²) in [5.74, 6) is 0.357. The third-order valence-corrected chi connectivity index (χ3v) is 6.70. The first-order valence-corrected chi connectivity index (χ1v) is 11.0. The smallest absolute Gasteiger partial charge is 0.338 e. The van der Waals surface area contributed by atoms with E-state index in [2.05, 4.69) is 45.3 Å². The summed E-state index contributed by atoms with van der Waals surface area (Å²) in [5.41, 5.74) is 6.26.